The summed E-state index contributed by atoms with van der Waals surface area (Å²) in [5.74, 6) is -0.511. The summed E-state index contributed by atoms with van der Waals surface area (Å²) in [6.45, 7) is 1.97. The first-order chi connectivity index (χ1) is 6.29. The lowest BCUT2D eigenvalue weighted by atomic mass is 10.3. The van der Waals surface area contributed by atoms with Crippen molar-refractivity contribution in [2.24, 2.45) is 0 Å². The molecule has 1 heterocycles. The van der Waals surface area contributed by atoms with E-state index in [4.69, 9.17) is 9.47 Å². The highest BCUT2D eigenvalue weighted by Gasteiger charge is 2.26. The van der Waals surface area contributed by atoms with Crippen LogP contribution in [0.15, 0.2) is 4.42 Å². The molecule has 1 aromatic heterocycles. The van der Waals surface area contributed by atoms with Crippen LogP contribution >= 0.6 is 0 Å². The molecule has 0 spiro atoms. The maximum absolute atomic E-state index is 11.2. The molecule has 1 atom stereocenters. The van der Waals surface area contributed by atoms with E-state index in [1.54, 1.807) is 6.92 Å². The van der Waals surface area contributed by atoms with Gasteiger partial charge >= 0.3 is 12.4 Å². The summed E-state index contributed by atoms with van der Waals surface area (Å²) in [5.41, 5.74) is 0. The second-order valence-electron chi connectivity index (χ2n) is 2.10. The van der Waals surface area contributed by atoms with Gasteiger partial charge in [0.25, 0.3) is 5.89 Å². The zero-order chi connectivity index (χ0) is 9.68. The van der Waals surface area contributed by atoms with Gasteiger partial charge in [0.05, 0.1) is 6.61 Å². The molecule has 6 heteroatoms. The molecule has 6 nitrogen and oxygen atoms in total. The number of rotatable bonds is 4. The van der Waals surface area contributed by atoms with Crippen LogP contribution in [0.25, 0.3) is 0 Å². The molecular formula is C7H9N2O4. The molecule has 0 fully saturated rings. The van der Waals surface area contributed by atoms with Crippen LogP contribution in [0.3, 0.4) is 0 Å². The molecule has 0 aliphatic heterocycles. The first kappa shape index (κ1) is 9.66. The normalized spacial score (nSPS) is 12.5. The number of hydrogen-bond donors (Lipinski definition) is 0. The predicted octanol–water partition coefficient (Wildman–Crippen LogP) is 0.120. The maximum Gasteiger partial charge on any atom is 0.345 e. The summed E-state index contributed by atoms with van der Waals surface area (Å²) < 4.78 is 14.2. The number of methoxy groups -OCH3 is 1. The van der Waals surface area contributed by atoms with Gasteiger partial charge in [0, 0.05) is 7.11 Å². The lowest BCUT2D eigenvalue weighted by Crippen LogP contribution is -2.18. The largest absolute Gasteiger partial charge is 0.464 e. The Morgan fingerprint density at radius 2 is 2.54 bits per heavy atom. The third-order valence-corrected chi connectivity index (χ3v) is 1.30. The van der Waals surface area contributed by atoms with Gasteiger partial charge in [-0.2, -0.15) is 0 Å². The number of carbonyl (C=O) groups is 1. The Morgan fingerprint density at radius 3 is 3.00 bits per heavy atom. The van der Waals surface area contributed by atoms with Gasteiger partial charge in [-0.3, -0.25) is 0 Å². The number of aromatic nitrogens is 2. The van der Waals surface area contributed by atoms with Gasteiger partial charge in [0.15, 0.2) is 0 Å². The first-order valence-corrected chi connectivity index (χ1v) is 3.68. The van der Waals surface area contributed by atoms with Crippen molar-refractivity contribution in [3.05, 3.63) is 12.3 Å². The molecule has 13 heavy (non-hydrogen) atoms. The predicted molar refractivity (Wildman–Crippen MR) is 39.5 cm³/mol. The molecule has 0 aromatic carbocycles. The second-order valence-corrected chi connectivity index (χ2v) is 2.10. The number of ether oxygens (including phenoxy) is 2. The Morgan fingerprint density at radius 1 is 1.77 bits per heavy atom. The fraction of sp³-hybridized carbons (Fsp3) is 0.571. The van der Waals surface area contributed by atoms with Crippen LogP contribution in [0.1, 0.15) is 18.9 Å². The Kier molecular flexibility index (Phi) is 3.39. The molecule has 1 radical (unpaired) electrons. The SMILES string of the molecule is CCOC(=O)C(OC)c1nn[c]o1. The van der Waals surface area contributed by atoms with Gasteiger partial charge < -0.3 is 13.9 Å². The molecule has 0 aliphatic rings. The quantitative estimate of drug-likeness (QED) is 0.620. The Hall–Kier alpha value is -1.43. The fourth-order valence-corrected chi connectivity index (χ4v) is 0.779. The van der Waals surface area contributed by atoms with E-state index in [-0.39, 0.29) is 12.5 Å². The fourth-order valence-electron chi connectivity index (χ4n) is 0.779. The monoisotopic (exact) mass is 185 g/mol. The van der Waals surface area contributed by atoms with Gasteiger partial charge in [0.1, 0.15) is 0 Å². The highest BCUT2D eigenvalue weighted by Crippen LogP contribution is 2.14. The average molecular weight is 185 g/mol. The highest BCUT2D eigenvalue weighted by atomic mass is 16.6. The first-order valence-electron chi connectivity index (χ1n) is 3.68. The van der Waals surface area contributed by atoms with E-state index >= 15 is 0 Å². The van der Waals surface area contributed by atoms with Gasteiger partial charge in [-0.25, -0.2) is 4.79 Å². The molecule has 0 amide bonds. The van der Waals surface area contributed by atoms with Crippen molar-refractivity contribution in [3.8, 4) is 0 Å². The van der Waals surface area contributed by atoms with E-state index in [2.05, 4.69) is 21.0 Å². The number of esters is 1. The summed E-state index contributed by atoms with van der Waals surface area (Å²) in [6.07, 6.45) is 1.16. The zero-order valence-corrected chi connectivity index (χ0v) is 7.31. The van der Waals surface area contributed by atoms with Crippen molar-refractivity contribution in [3.63, 3.8) is 0 Å². The molecule has 0 bridgehead atoms. The lowest BCUT2D eigenvalue weighted by molar-refractivity contribution is -0.156. The van der Waals surface area contributed by atoms with Crippen molar-refractivity contribution in [1.82, 2.24) is 10.2 Å². The van der Waals surface area contributed by atoms with Gasteiger partial charge in [-0.15, -0.1) is 10.2 Å². The Balaban J connectivity index is 2.68. The van der Waals surface area contributed by atoms with Crippen molar-refractivity contribution >= 4 is 5.97 Å². The smallest absolute Gasteiger partial charge is 0.345 e. The Labute approximate surface area is 74.8 Å². The molecule has 71 valence electrons. The summed E-state index contributed by atoms with van der Waals surface area (Å²) in [5, 5.41) is 6.80. The topological polar surface area (TPSA) is 74.5 Å². The van der Waals surface area contributed by atoms with E-state index in [1.165, 1.54) is 7.11 Å². The summed E-state index contributed by atoms with van der Waals surface area (Å²) in [4.78, 5) is 11.2. The minimum Gasteiger partial charge on any atom is -0.464 e. The molecule has 1 unspecified atom stereocenters. The highest BCUT2D eigenvalue weighted by molar-refractivity contribution is 5.75. The van der Waals surface area contributed by atoms with Crippen LogP contribution in [0.5, 0.6) is 0 Å². The lowest BCUT2D eigenvalue weighted by Gasteiger charge is -2.08. The molecule has 1 rings (SSSR count). The second kappa shape index (κ2) is 4.56. The standard InChI is InChI=1S/C7H9N2O4/c1-3-12-7(10)5(11-2)6-9-8-4-13-6/h5H,3H2,1-2H3. The van der Waals surface area contributed by atoms with Crippen LogP contribution < -0.4 is 0 Å². The number of hydrogen-bond acceptors (Lipinski definition) is 6. The minimum atomic E-state index is -0.960. The third kappa shape index (κ3) is 2.25. The molecule has 0 saturated carbocycles. The summed E-state index contributed by atoms with van der Waals surface area (Å²) >= 11 is 0. The molecule has 0 aliphatic carbocycles. The van der Waals surface area contributed by atoms with Crippen molar-refractivity contribution < 1.29 is 18.7 Å². The number of nitrogens with zero attached hydrogens (tertiary/aromatic N) is 2. The maximum atomic E-state index is 11.2. The molecule has 0 saturated heterocycles. The van der Waals surface area contributed by atoms with Crippen molar-refractivity contribution in [2.75, 3.05) is 13.7 Å². The van der Waals surface area contributed by atoms with E-state index in [9.17, 15) is 4.79 Å². The molecule has 0 N–H and O–H groups in total. The third-order valence-electron chi connectivity index (χ3n) is 1.30. The number of carbonyl (C=O) groups excluding carboxylic acids is 1. The van der Waals surface area contributed by atoms with E-state index in [1.807, 2.05) is 0 Å². The van der Waals surface area contributed by atoms with Crippen LogP contribution in [0.2, 0.25) is 0 Å². The molecular weight excluding hydrogens is 176 g/mol. The van der Waals surface area contributed by atoms with Gasteiger partial charge in [-0.1, -0.05) is 0 Å². The van der Waals surface area contributed by atoms with E-state index in [0.717, 1.165) is 0 Å². The van der Waals surface area contributed by atoms with E-state index in [0.29, 0.717) is 0 Å². The Bertz CT molecular complexity index is 259. The summed E-state index contributed by atoms with van der Waals surface area (Å²) in [7, 11) is 1.35. The van der Waals surface area contributed by atoms with Crippen LogP contribution in [-0.2, 0) is 14.3 Å². The van der Waals surface area contributed by atoms with Gasteiger partial charge in [0.2, 0.25) is 6.10 Å². The summed E-state index contributed by atoms with van der Waals surface area (Å²) in [6, 6.07) is 0. The molecule has 1 aromatic rings. The zero-order valence-electron chi connectivity index (χ0n) is 7.31. The van der Waals surface area contributed by atoms with Crippen molar-refractivity contribution in [2.45, 2.75) is 13.0 Å². The van der Waals surface area contributed by atoms with E-state index < -0.39 is 12.1 Å². The van der Waals surface area contributed by atoms with Crippen LogP contribution in [-0.4, -0.2) is 29.9 Å². The minimum absolute atomic E-state index is 0.0425. The van der Waals surface area contributed by atoms with Crippen LogP contribution in [0, 0.1) is 6.39 Å². The average Bonchev–Trinajstić information content (AvgIpc) is 2.59. The van der Waals surface area contributed by atoms with Crippen molar-refractivity contribution in [1.29, 1.82) is 0 Å². The van der Waals surface area contributed by atoms with Crippen LogP contribution in [0.4, 0.5) is 0 Å². The van der Waals surface area contributed by atoms with Gasteiger partial charge in [-0.05, 0) is 6.92 Å².